The predicted octanol–water partition coefficient (Wildman–Crippen LogP) is 1.74. The fourth-order valence-electron chi connectivity index (χ4n) is 2.07. The first-order valence-corrected chi connectivity index (χ1v) is 5.89. The first kappa shape index (κ1) is 14.3. The van der Waals surface area contributed by atoms with Gasteiger partial charge in [-0.3, -0.25) is 4.90 Å². The van der Waals surface area contributed by atoms with Crippen molar-refractivity contribution >= 4 is 6.09 Å². The van der Waals surface area contributed by atoms with E-state index in [0.717, 1.165) is 0 Å². The van der Waals surface area contributed by atoms with Crippen molar-refractivity contribution in [3.63, 3.8) is 0 Å². The van der Waals surface area contributed by atoms with Gasteiger partial charge in [0.05, 0.1) is 12.6 Å². The second kappa shape index (κ2) is 4.46. The summed E-state index contributed by atoms with van der Waals surface area (Å²) in [5.74, 6) is 0. The summed E-state index contributed by atoms with van der Waals surface area (Å²) in [6, 6.07) is -0.204. The van der Waals surface area contributed by atoms with Crippen LogP contribution in [0.2, 0.25) is 0 Å². The van der Waals surface area contributed by atoms with Gasteiger partial charge < -0.3 is 14.6 Å². The van der Waals surface area contributed by atoms with Gasteiger partial charge in [0.15, 0.2) is 0 Å². The smallest absolute Gasteiger partial charge is 0.412 e. The molecule has 17 heavy (non-hydrogen) atoms. The Hall–Kier alpha value is -0.810. The molecule has 0 spiro atoms. The molecule has 0 aromatic rings. The Bertz CT molecular complexity index is 295. The molecule has 1 aliphatic rings. The molecule has 100 valence electrons. The van der Waals surface area contributed by atoms with Crippen molar-refractivity contribution in [2.24, 2.45) is 0 Å². The Labute approximate surface area is 103 Å². The van der Waals surface area contributed by atoms with Gasteiger partial charge in [-0.05, 0) is 41.5 Å². The van der Waals surface area contributed by atoms with Gasteiger partial charge in [0, 0.05) is 0 Å². The lowest BCUT2D eigenvalue weighted by Gasteiger charge is -2.34. The second-order valence-electron chi connectivity index (χ2n) is 5.88. The third-order valence-corrected chi connectivity index (χ3v) is 2.74. The number of aliphatic hydroxyl groups excluding tert-OH is 1. The molecule has 0 bridgehead atoms. The van der Waals surface area contributed by atoms with Gasteiger partial charge in [-0.1, -0.05) is 0 Å². The summed E-state index contributed by atoms with van der Waals surface area (Å²) in [7, 11) is 0. The molecular formula is C12H23NO4. The zero-order chi connectivity index (χ0) is 13.4. The minimum Gasteiger partial charge on any atom is -0.444 e. The van der Waals surface area contributed by atoms with E-state index in [-0.39, 0.29) is 18.8 Å². The topological polar surface area (TPSA) is 59.0 Å². The second-order valence-corrected chi connectivity index (χ2v) is 5.88. The lowest BCUT2D eigenvalue weighted by Crippen LogP contribution is -2.49. The van der Waals surface area contributed by atoms with Gasteiger partial charge in [0.2, 0.25) is 0 Å². The summed E-state index contributed by atoms with van der Waals surface area (Å²) in [5, 5.41) is 9.20. The lowest BCUT2D eigenvalue weighted by atomic mass is 10.1. The summed E-state index contributed by atoms with van der Waals surface area (Å²) in [5.41, 5.74) is -1.29. The third kappa shape index (κ3) is 3.10. The minimum atomic E-state index is -0.755. The number of carbonyl (C=O) groups excluding carboxylic acids is 1. The minimum absolute atomic E-state index is 0.107. The lowest BCUT2D eigenvalue weighted by molar-refractivity contribution is -0.0865. The highest BCUT2D eigenvalue weighted by Gasteiger charge is 2.48. The Morgan fingerprint density at radius 2 is 2.00 bits per heavy atom. The van der Waals surface area contributed by atoms with E-state index in [0.29, 0.717) is 0 Å². The summed E-state index contributed by atoms with van der Waals surface area (Å²) in [4.78, 5) is 13.6. The number of amides is 1. The first-order valence-electron chi connectivity index (χ1n) is 5.89. The van der Waals surface area contributed by atoms with E-state index in [2.05, 4.69) is 0 Å². The van der Waals surface area contributed by atoms with Crippen LogP contribution in [0.1, 0.15) is 41.5 Å². The predicted molar refractivity (Wildman–Crippen MR) is 63.6 cm³/mol. The fourth-order valence-corrected chi connectivity index (χ4v) is 2.07. The van der Waals surface area contributed by atoms with E-state index >= 15 is 0 Å². The van der Waals surface area contributed by atoms with Gasteiger partial charge in [-0.2, -0.15) is 0 Å². The monoisotopic (exact) mass is 245 g/mol. The molecule has 0 aliphatic carbocycles. The van der Waals surface area contributed by atoms with Crippen molar-refractivity contribution in [1.29, 1.82) is 0 Å². The molecule has 1 aliphatic heterocycles. The molecule has 2 atom stereocenters. The molecule has 1 saturated heterocycles. The summed E-state index contributed by atoms with van der Waals surface area (Å²) in [6.07, 6.45) is -0.775. The maximum atomic E-state index is 12.1. The molecule has 0 aromatic heterocycles. The molecule has 0 unspecified atom stereocenters. The number of carbonyl (C=O) groups is 1. The molecule has 1 N–H and O–H groups in total. The van der Waals surface area contributed by atoms with Crippen molar-refractivity contribution in [3.8, 4) is 0 Å². The van der Waals surface area contributed by atoms with Crippen molar-refractivity contribution in [1.82, 2.24) is 4.90 Å². The van der Waals surface area contributed by atoms with Crippen molar-refractivity contribution in [2.75, 3.05) is 6.61 Å². The van der Waals surface area contributed by atoms with E-state index in [4.69, 9.17) is 9.47 Å². The highest BCUT2D eigenvalue weighted by atomic mass is 16.6. The van der Waals surface area contributed by atoms with E-state index in [1.807, 2.05) is 27.7 Å². The van der Waals surface area contributed by atoms with Gasteiger partial charge >= 0.3 is 6.09 Å². The third-order valence-electron chi connectivity index (χ3n) is 2.74. The Morgan fingerprint density at radius 1 is 1.47 bits per heavy atom. The van der Waals surface area contributed by atoms with Crippen LogP contribution in [0.3, 0.4) is 0 Å². The highest BCUT2D eigenvalue weighted by Crippen LogP contribution is 2.33. The molecular weight excluding hydrogens is 222 g/mol. The van der Waals surface area contributed by atoms with Crippen molar-refractivity contribution in [2.45, 2.75) is 65.0 Å². The molecule has 5 nitrogen and oxygen atoms in total. The molecule has 1 fully saturated rings. The Kier molecular flexibility index (Phi) is 3.74. The van der Waals surface area contributed by atoms with Gasteiger partial charge in [-0.15, -0.1) is 0 Å². The number of nitrogens with zero attached hydrogens (tertiary/aromatic N) is 1. The maximum Gasteiger partial charge on any atom is 0.412 e. The number of hydrogen-bond donors (Lipinski definition) is 1. The van der Waals surface area contributed by atoms with Crippen LogP contribution in [0, 0.1) is 0 Å². The van der Waals surface area contributed by atoms with Gasteiger partial charge in [0.25, 0.3) is 0 Å². The molecule has 1 amide bonds. The molecule has 0 saturated carbocycles. The molecule has 0 radical (unpaired) electrons. The number of ether oxygens (including phenoxy) is 2. The van der Waals surface area contributed by atoms with Crippen LogP contribution in [-0.4, -0.2) is 46.2 Å². The Morgan fingerprint density at radius 3 is 2.35 bits per heavy atom. The SMILES string of the molecule is C[C@H]1[C@@H](CO)OC(C)(C)N1C(=O)OC(C)(C)C. The zero-order valence-corrected chi connectivity index (χ0v) is 11.5. The van der Waals surface area contributed by atoms with E-state index in [1.165, 1.54) is 0 Å². The molecule has 0 aromatic carbocycles. The van der Waals surface area contributed by atoms with Crippen LogP contribution in [0.25, 0.3) is 0 Å². The van der Waals surface area contributed by atoms with Crippen LogP contribution in [0.15, 0.2) is 0 Å². The summed E-state index contributed by atoms with van der Waals surface area (Å²) in [6.45, 7) is 10.8. The number of rotatable bonds is 1. The first-order chi connectivity index (χ1) is 7.58. The average Bonchev–Trinajstić information content (AvgIpc) is 2.32. The van der Waals surface area contributed by atoms with E-state index in [1.54, 1.807) is 18.7 Å². The van der Waals surface area contributed by atoms with Gasteiger partial charge in [-0.25, -0.2) is 4.79 Å². The van der Waals surface area contributed by atoms with Crippen molar-refractivity contribution in [3.05, 3.63) is 0 Å². The summed E-state index contributed by atoms with van der Waals surface area (Å²) >= 11 is 0. The standard InChI is InChI=1S/C12H23NO4/c1-8-9(7-14)16-12(5,6)13(8)10(15)17-11(2,3)4/h8-9,14H,7H2,1-6H3/t8-,9+/m0/s1. The van der Waals surface area contributed by atoms with Crippen LogP contribution >= 0.6 is 0 Å². The maximum absolute atomic E-state index is 12.1. The molecule has 1 heterocycles. The Balaban J connectivity index is 2.85. The van der Waals surface area contributed by atoms with Crippen LogP contribution in [-0.2, 0) is 9.47 Å². The van der Waals surface area contributed by atoms with E-state index < -0.39 is 17.4 Å². The molecule has 5 heteroatoms. The molecule has 1 rings (SSSR count). The normalized spacial score (nSPS) is 28.3. The van der Waals surface area contributed by atoms with Crippen LogP contribution < -0.4 is 0 Å². The van der Waals surface area contributed by atoms with Crippen LogP contribution in [0.5, 0.6) is 0 Å². The average molecular weight is 245 g/mol. The van der Waals surface area contributed by atoms with Crippen LogP contribution in [0.4, 0.5) is 4.79 Å². The van der Waals surface area contributed by atoms with Gasteiger partial charge in [0.1, 0.15) is 17.4 Å². The highest BCUT2D eigenvalue weighted by molar-refractivity contribution is 5.69. The van der Waals surface area contributed by atoms with E-state index in [9.17, 15) is 9.90 Å². The fraction of sp³-hybridized carbons (Fsp3) is 0.917. The quantitative estimate of drug-likeness (QED) is 0.764. The zero-order valence-electron chi connectivity index (χ0n) is 11.5. The number of aliphatic hydroxyl groups is 1. The largest absolute Gasteiger partial charge is 0.444 e. The van der Waals surface area contributed by atoms with Crippen molar-refractivity contribution < 1.29 is 19.4 Å². The number of hydrogen-bond acceptors (Lipinski definition) is 4. The summed E-state index contributed by atoms with van der Waals surface area (Å²) < 4.78 is 11.0.